The number of rotatable bonds is 0. The summed E-state index contributed by atoms with van der Waals surface area (Å²) in [4.78, 5) is 7.58. The molecule has 0 aliphatic carbocycles. The molecule has 0 fully saturated rings. The molecule has 0 unspecified atom stereocenters. The van der Waals surface area contributed by atoms with E-state index in [1.165, 1.54) is 0 Å². The highest BCUT2D eigenvalue weighted by Gasteiger charge is 1.82. The first-order valence-corrected chi connectivity index (χ1v) is 4.52. The van der Waals surface area contributed by atoms with Gasteiger partial charge in [-0.2, -0.15) is 0 Å². The van der Waals surface area contributed by atoms with Gasteiger partial charge < -0.3 is 11.5 Å². The SMILES string of the molecule is Cc1ccnc(N)c1.Nc1ccncc1. The molecule has 0 bridgehead atoms. The summed E-state index contributed by atoms with van der Waals surface area (Å²) >= 11 is 0. The first kappa shape index (κ1) is 11.0. The Hall–Kier alpha value is -2.10. The van der Waals surface area contributed by atoms with Gasteiger partial charge in [0.15, 0.2) is 0 Å². The molecule has 4 N–H and O–H groups in total. The fourth-order valence-corrected chi connectivity index (χ4v) is 0.923. The number of nitrogens with zero attached hydrogens (tertiary/aromatic N) is 2. The molecule has 2 aromatic rings. The standard InChI is InChI=1S/C6H8N2.C5H6N2/c1-5-2-3-8-6(7)4-5;6-5-1-3-7-4-2-5/h2-4H,1H3,(H2,7,8);1-4H,(H2,6,7). The molecule has 0 spiro atoms. The van der Waals surface area contributed by atoms with Crippen LogP contribution in [-0.2, 0) is 0 Å². The first-order chi connectivity index (χ1) is 7.18. The Morgan fingerprint density at radius 3 is 2.00 bits per heavy atom. The summed E-state index contributed by atoms with van der Waals surface area (Å²) in [6, 6.07) is 7.25. The third-order valence-electron chi connectivity index (χ3n) is 1.64. The van der Waals surface area contributed by atoms with Crippen LogP contribution in [0.3, 0.4) is 0 Å². The lowest BCUT2D eigenvalue weighted by Gasteiger charge is -1.90. The quantitative estimate of drug-likeness (QED) is 0.680. The van der Waals surface area contributed by atoms with E-state index in [-0.39, 0.29) is 0 Å². The Morgan fingerprint density at radius 1 is 1.00 bits per heavy atom. The van der Waals surface area contributed by atoms with Crippen molar-refractivity contribution < 1.29 is 0 Å². The summed E-state index contributed by atoms with van der Waals surface area (Å²) in [6.07, 6.45) is 5.02. The fraction of sp³-hybridized carbons (Fsp3) is 0.0909. The molecule has 0 saturated heterocycles. The molecule has 15 heavy (non-hydrogen) atoms. The van der Waals surface area contributed by atoms with Crippen LogP contribution in [0.25, 0.3) is 0 Å². The van der Waals surface area contributed by atoms with Crippen LogP contribution in [0, 0.1) is 6.92 Å². The van der Waals surface area contributed by atoms with Crippen LogP contribution in [0.15, 0.2) is 42.9 Å². The first-order valence-electron chi connectivity index (χ1n) is 4.52. The maximum absolute atomic E-state index is 5.35. The molecule has 2 rings (SSSR count). The zero-order chi connectivity index (χ0) is 11.1. The lowest BCUT2D eigenvalue weighted by atomic mass is 10.3. The van der Waals surface area contributed by atoms with Crippen molar-refractivity contribution in [1.82, 2.24) is 9.97 Å². The molecule has 0 radical (unpaired) electrons. The maximum Gasteiger partial charge on any atom is 0.123 e. The zero-order valence-corrected chi connectivity index (χ0v) is 8.59. The highest BCUT2D eigenvalue weighted by molar-refractivity contribution is 5.33. The molecular formula is C11H14N4. The van der Waals surface area contributed by atoms with Crippen molar-refractivity contribution in [3.63, 3.8) is 0 Å². The molecular weight excluding hydrogens is 188 g/mol. The van der Waals surface area contributed by atoms with Crippen LogP contribution in [-0.4, -0.2) is 9.97 Å². The molecule has 0 aliphatic heterocycles. The Balaban J connectivity index is 0.000000151. The van der Waals surface area contributed by atoms with E-state index in [0.29, 0.717) is 5.82 Å². The third-order valence-corrected chi connectivity index (χ3v) is 1.64. The second-order valence-corrected chi connectivity index (χ2v) is 3.04. The number of hydrogen-bond donors (Lipinski definition) is 2. The van der Waals surface area contributed by atoms with E-state index < -0.39 is 0 Å². The average molecular weight is 202 g/mol. The van der Waals surface area contributed by atoms with Crippen molar-refractivity contribution in [2.75, 3.05) is 11.5 Å². The van der Waals surface area contributed by atoms with Crippen molar-refractivity contribution in [3.05, 3.63) is 48.4 Å². The molecule has 0 amide bonds. The number of anilines is 2. The van der Waals surface area contributed by atoms with Crippen LogP contribution in [0.4, 0.5) is 11.5 Å². The molecule has 0 atom stereocenters. The van der Waals surface area contributed by atoms with Crippen LogP contribution in [0.1, 0.15) is 5.56 Å². The van der Waals surface area contributed by atoms with E-state index in [2.05, 4.69) is 9.97 Å². The van der Waals surface area contributed by atoms with Gasteiger partial charge in [-0.15, -0.1) is 0 Å². The number of hydrogen-bond acceptors (Lipinski definition) is 4. The minimum Gasteiger partial charge on any atom is -0.399 e. The molecule has 78 valence electrons. The van der Waals surface area contributed by atoms with Crippen molar-refractivity contribution in [2.45, 2.75) is 6.92 Å². The van der Waals surface area contributed by atoms with Gasteiger partial charge >= 0.3 is 0 Å². The summed E-state index contributed by atoms with van der Waals surface area (Å²) in [5.74, 6) is 0.588. The summed E-state index contributed by atoms with van der Waals surface area (Å²) in [5.41, 5.74) is 12.6. The Morgan fingerprint density at radius 2 is 1.67 bits per heavy atom. The average Bonchev–Trinajstić information content (AvgIpc) is 2.19. The van der Waals surface area contributed by atoms with Gasteiger partial charge in [-0.05, 0) is 36.8 Å². The van der Waals surface area contributed by atoms with Gasteiger partial charge in [0, 0.05) is 24.3 Å². The monoisotopic (exact) mass is 202 g/mol. The highest BCUT2D eigenvalue weighted by Crippen LogP contribution is 1.98. The van der Waals surface area contributed by atoms with Gasteiger partial charge in [-0.3, -0.25) is 4.98 Å². The van der Waals surface area contributed by atoms with Gasteiger partial charge in [0.2, 0.25) is 0 Å². The van der Waals surface area contributed by atoms with E-state index in [1.54, 1.807) is 30.7 Å². The van der Waals surface area contributed by atoms with E-state index >= 15 is 0 Å². The highest BCUT2D eigenvalue weighted by atomic mass is 14.8. The second-order valence-electron chi connectivity index (χ2n) is 3.04. The van der Waals surface area contributed by atoms with Gasteiger partial charge in [0.1, 0.15) is 5.82 Å². The van der Waals surface area contributed by atoms with Crippen LogP contribution < -0.4 is 11.5 Å². The Labute approximate surface area is 89.0 Å². The molecule has 0 aromatic carbocycles. The van der Waals surface area contributed by atoms with Crippen molar-refractivity contribution >= 4 is 11.5 Å². The zero-order valence-electron chi connectivity index (χ0n) is 8.59. The minimum absolute atomic E-state index is 0.588. The van der Waals surface area contributed by atoms with Crippen LogP contribution in [0.5, 0.6) is 0 Å². The van der Waals surface area contributed by atoms with E-state index in [0.717, 1.165) is 11.3 Å². The van der Waals surface area contributed by atoms with E-state index in [9.17, 15) is 0 Å². The van der Waals surface area contributed by atoms with Gasteiger partial charge in [0.05, 0.1) is 0 Å². The predicted octanol–water partition coefficient (Wildman–Crippen LogP) is 1.64. The van der Waals surface area contributed by atoms with Gasteiger partial charge in [0.25, 0.3) is 0 Å². The van der Waals surface area contributed by atoms with Crippen molar-refractivity contribution in [3.8, 4) is 0 Å². The molecule has 4 heteroatoms. The summed E-state index contributed by atoms with van der Waals surface area (Å²) in [7, 11) is 0. The number of aromatic nitrogens is 2. The minimum atomic E-state index is 0.588. The number of nitrogen functional groups attached to an aromatic ring is 2. The molecule has 4 nitrogen and oxygen atoms in total. The smallest absolute Gasteiger partial charge is 0.123 e. The lowest BCUT2D eigenvalue weighted by molar-refractivity contribution is 1.30. The summed E-state index contributed by atoms with van der Waals surface area (Å²) < 4.78 is 0. The Bertz CT molecular complexity index is 383. The Kier molecular flexibility index (Phi) is 4.09. The van der Waals surface area contributed by atoms with E-state index in [4.69, 9.17) is 11.5 Å². The third kappa shape index (κ3) is 4.61. The number of nitrogens with two attached hydrogens (primary N) is 2. The van der Waals surface area contributed by atoms with Gasteiger partial charge in [-0.1, -0.05) is 0 Å². The van der Waals surface area contributed by atoms with Gasteiger partial charge in [-0.25, -0.2) is 4.98 Å². The largest absolute Gasteiger partial charge is 0.399 e. The number of aryl methyl sites for hydroxylation is 1. The van der Waals surface area contributed by atoms with Crippen LogP contribution in [0.2, 0.25) is 0 Å². The normalized spacial score (nSPS) is 8.87. The lowest BCUT2D eigenvalue weighted by Crippen LogP contribution is -1.87. The molecule has 2 heterocycles. The molecule has 2 aromatic heterocycles. The fourth-order valence-electron chi connectivity index (χ4n) is 0.923. The second kappa shape index (κ2) is 5.59. The topological polar surface area (TPSA) is 77.8 Å². The predicted molar refractivity (Wildman–Crippen MR) is 62.0 cm³/mol. The number of pyridine rings is 2. The van der Waals surface area contributed by atoms with Crippen LogP contribution >= 0.6 is 0 Å². The maximum atomic E-state index is 5.35. The van der Waals surface area contributed by atoms with Crippen molar-refractivity contribution in [2.24, 2.45) is 0 Å². The molecule has 0 saturated carbocycles. The van der Waals surface area contributed by atoms with E-state index in [1.807, 2.05) is 19.1 Å². The van der Waals surface area contributed by atoms with Crippen molar-refractivity contribution in [1.29, 1.82) is 0 Å². The summed E-state index contributed by atoms with van der Waals surface area (Å²) in [6.45, 7) is 1.98. The summed E-state index contributed by atoms with van der Waals surface area (Å²) in [5, 5.41) is 0. The molecule has 0 aliphatic rings.